The van der Waals surface area contributed by atoms with Gasteiger partial charge < -0.3 is 24.8 Å². The van der Waals surface area contributed by atoms with Crippen molar-refractivity contribution in [1.29, 1.82) is 0 Å². The Bertz CT molecular complexity index is 1720. The third-order valence-electron chi connectivity index (χ3n) is 9.07. The molecule has 4 aromatic rings. The van der Waals surface area contributed by atoms with Crippen molar-refractivity contribution in [2.24, 2.45) is 11.3 Å². The van der Waals surface area contributed by atoms with Crippen molar-refractivity contribution in [2.75, 3.05) is 0 Å². The van der Waals surface area contributed by atoms with Crippen LogP contribution < -0.4 is 24.8 Å². The minimum atomic E-state index is 0. The number of hydrogen-bond donors (Lipinski definition) is 0. The van der Waals surface area contributed by atoms with Crippen molar-refractivity contribution < 1.29 is 49.0 Å². The summed E-state index contributed by atoms with van der Waals surface area (Å²) in [4.78, 5) is 0. The molecule has 1 unspecified atom stereocenters. The summed E-state index contributed by atoms with van der Waals surface area (Å²) < 4.78 is 1.55. The fourth-order valence-corrected chi connectivity index (χ4v) is 6.61. The average Bonchev–Trinajstić information content (AvgIpc) is 3.71. The van der Waals surface area contributed by atoms with E-state index in [4.69, 9.17) is 0 Å². The summed E-state index contributed by atoms with van der Waals surface area (Å²) in [5.41, 5.74) is 9.10. The van der Waals surface area contributed by atoms with E-state index < -0.39 is 0 Å². The molecule has 0 bridgehead atoms. The molecule has 0 saturated heterocycles. The Labute approximate surface area is 299 Å². The van der Waals surface area contributed by atoms with Gasteiger partial charge in [-0.05, 0) is 11.1 Å². The Morgan fingerprint density at radius 3 is 1.69 bits per heavy atom. The van der Waals surface area contributed by atoms with E-state index in [1.54, 1.807) is 3.21 Å². The molecule has 45 heavy (non-hydrogen) atoms. The van der Waals surface area contributed by atoms with E-state index in [2.05, 4.69) is 166 Å². The van der Waals surface area contributed by atoms with Crippen molar-refractivity contribution in [3.8, 4) is 0 Å². The van der Waals surface area contributed by atoms with Crippen LogP contribution in [0.5, 0.6) is 0 Å². The second-order valence-electron chi connectivity index (χ2n) is 14.5. The largest absolute Gasteiger partial charge is 1.00 e. The Balaban J connectivity index is 0.000000211. The molecule has 0 saturated carbocycles. The Kier molecular flexibility index (Phi) is 11.8. The Hall–Kier alpha value is -2.18. The molecular formula is C42H46Cl2Zr-2. The summed E-state index contributed by atoms with van der Waals surface area (Å²) in [7, 11) is 0. The van der Waals surface area contributed by atoms with Crippen molar-refractivity contribution in [2.45, 2.75) is 79.6 Å². The van der Waals surface area contributed by atoms with Crippen LogP contribution in [0.2, 0.25) is 0 Å². The summed E-state index contributed by atoms with van der Waals surface area (Å²) in [6.07, 6.45) is 18.0. The maximum atomic E-state index is 3.26. The van der Waals surface area contributed by atoms with Crippen molar-refractivity contribution >= 4 is 36.9 Å². The van der Waals surface area contributed by atoms with Gasteiger partial charge in [0.2, 0.25) is 0 Å². The van der Waals surface area contributed by atoms with Gasteiger partial charge in [0.1, 0.15) is 0 Å². The number of rotatable bonds is 2. The van der Waals surface area contributed by atoms with Gasteiger partial charge in [-0.1, -0.05) is 114 Å². The molecule has 1 atom stereocenters. The number of halogens is 2. The standard InChI is InChI=1S/C23H21.C10H15.C9H10.2ClH.Zr/c1-22(2)7-5-14-10-18-16(12-20(14)22)9-17-13-21-15(11-19(17)18)6-8-23(21,3)4;1-8-5-6-9(7-8)10(2,3)4;1-2-6-9-7-4-3-5-8-9;;;/h5-13H,1-4H3;6-8H,1-4H3;3-5,7-8H,2H2,1H3;2*1H;/q2*-1;;;;+2/p-2. The van der Waals surface area contributed by atoms with E-state index >= 15 is 0 Å². The molecule has 3 aliphatic rings. The van der Waals surface area contributed by atoms with Crippen LogP contribution in [-0.2, 0) is 35.1 Å². The second kappa shape index (κ2) is 14.3. The molecule has 0 nitrogen and oxygen atoms in total. The summed E-state index contributed by atoms with van der Waals surface area (Å²) in [5.74, 6) is 0.522. The van der Waals surface area contributed by atoms with Crippen LogP contribution in [0, 0.1) is 17.4 Å². The van der Waals surface area contributed by atoms with Gasteiger partial charge in [0.15, 0.2) is 0 Å². The molecule has 0 N–H and O–H groups in total. The third kappa shape index (κ3) is 8.04. The SMILES string of the molecule is CC1(C)C=Cc2cc3c(cc21)[cH-]c1cc2c(cc13)C=CC2(C)C.CC1[C-]=CC(C(C)(C)C)=C1.CC[C](=[Zr+2])c1ccccc1.[Cl-].[Cl-]. The first kappa shape index (κ1) is 37.3. The zero-order valence-electron chi connectivity index (χ0n) is 28.3. The monoisotopic (exact) mass is 710 g/mol. The molecular weight excluding hydrogens is 667 g/mol. The van der Waals surface area contributed by atoms with Gasteiger partial charge in [-0.2, -0.15) is 11.6 Å². The predicted octanol–water partition coefficient (Wildman–Crippen LogP) is 5.46. The summed E-state index contributed by atoms with van der Waals surface area (Å²) >= 11 is 1.54. The topological polar surface area (TPSA) is 0 Å². The van der Waals surface area contributed by atoms with E-state index in [0.29, 0.717) is 11.3 Å². The molecule has 0 fully saturated rings. The number of benzene rings is 3. The number of allylic oxidation sites excluding steroid dienone is 6. The van der Waals surface area contributed by atoms with Gasteiger partial charge >= 0.3 is 76.7 Å². The normalized spacial score (nSPS) is 17.8. The van der Waals surface area contributed by atoms with Crippen LogP contribution >= 0.6 is 0 Å². The fourth-order valence-electron chi connectivity index (χ4n) is 6.20. The first-order valence-electron chi connectivity index (χ1n) is 15.7. The van der Waals surface area contributed by atoms with Crippen LogP contribution in [0.1, 0.15) is 96.6 Å². The molecule has 0 spiro atoms. The smallest absolute Gasteiger partial charge is 1.00 e. The summed E-state index contributed by atoms with van der Waals surface area (Å²) in [5, 5.41) is 5.53. The van der Waals surface area contributed by atoms with Crippen LogP contribution in [0.25, 0.3) is 33.7 Å². The van der Waals surface area contributed by atoms with Crippen LogP contribution in [0.4, 0.5) is 0 Å². The average molecular weight is 713 g/mol. The molecule has 0 heterocycles. The maximum absolute atomic E-state index is 3.26. The minimum absolute atomic E-state index is 0. The molecule has 7 rings (SSSR count). The Morgan fingerprint density at radius 1 is 0.822 bits per heavy atom. The van der Waals surface area contributed by atoms with Crippen molar-refractivity contribution in [3.63, 3.8) is 0 Å². The molecule has 3 heteroatoms. The zero-order chi connectivity index (χ0) is 31.2. The first-order chi connectivity index (χ1) is 20.2. The third-order valence-corrected chi connectivity index (χ3v) is 10.6. The van der Waals surface area contributed by atoms with Gasteiger partial charge in [-0.15, -0.1) is 39.7 Å². The zero-order valence-corrected chi connectivity index (χ0v) is 32.2. The quantitative estimate of drug-likeness (QED) is 0.243. The molecule has 0 amide bonds. The van der Waals surface area contributed by atoms with E-state index in [-0.39, 0.29) is 35.6 Å². The molecule has 0 aliphatic heterocycles. The molecule has 4 aromatic carbocycles. The van der Waals surface area contributed by atoms with E-state index in [0.717, 1.165) is 0 Å². The maximum Gasteiger partial charge on any atom is -1.00 e. The van der Waals surface area contributed by atoms with Gasteiger partial charge in [0.25, 0.3) is 0 Å². The number of fused-ring (bicyclic) bond motifs is 5. The second-order valence-corrected chi connectivity index (χ2v) is 16.0. The van der Waals surface area contributed by atoms with Gasteiger partial charge in [0.05, 0.1) is 0 Å². The summed E-state index contributed by atoms with van der Waals surface area (Å²) in [6.45, 7) is 20.3. The van der Waals surface area contributed by atoms with E-state index in [1.165, 1.54) is 85.6 Å². The Morgan fingerprint density at radius 2 is 1.31 bits per heavy atom. The van der Waals surface area contributed by atoms with Gasteiger partial charge in [0, 0.05) is 10.8 Å². The molecule has 0 aromatic heterocycles. The van der Waals surface area contributed by atoms with Crippen LogP contribution in [0.3, 0.4) is 0 Å². The van der Waals surface area contributed by atoms with Crippen LogP contribution in [0.15, 0.2) is 90.5 Å². The summed E-state index contributed by atoms with van der Waals surface area (Å²) in [6, 6.07) is 22.5. The van der Waals surface area contributed by atoms with Crippen molar-refractivity contribution in [1.82, 2.24) is 0 Å². The molecule has 0 radical (unpaired) electrons. The number of hydrogen-bond acceptors (Lipinski definition) is 0. The van der Waals surface area contributed by atoms with E-state index in [1.807, 2.05) is 0 Å². The molecule has 3 aliphatic carbocycles. The van der Waals surface area contributed by atoms with E-state index in [9.17, 15) is 0 Å². The van der Waals surface area contributed by atoms with Gasteiger partial charge in [-0.25, -0.2) is 6.08 Å². The van der Waals surface area contributed by atoms with Crippen LogP contribution in [-0.4, -0.2) is 3.21 Å². The predicted molar refractivity (Wildman–Crippen MR) is 187 cm³/mol. The van der Waals surface area contributed by atoms with Crippen molar-refractivity contribution in [3.05, 3.63) is 124 Å². The van der Waals surface area contributed by atoms with Gasteiger partial charge in [-0.3, -0.25) is 6.08 Å². The minimum Gasteiger partial charge on any atom is -1.00 e. The fraction of sp³-hybridized carbons (Fsp3) is 0.333. The molecule has 234 valence electrons. The first-order valence-corrected chi connectivity index (χ1v) is 17.0.